The van der Waals surface area contributed by atoms with Crippen molar-refractivity contribution in [1.29, 1.82) is 0 Å². The van der Waals surface area contributed by atoms with Crippen molar-refractivity contribution in [2.75, 3.05) is 64.3 Å². The highest BCUT2D eigenvalue weighted by Crippen LogP contribution is 2.15. The van der Waals surface area contributed by atoms with Crippen LogP contribution in [0, 0.1) is 0 Å². The van der Waals surface area contributed by atoms with Crippen molar-refractivity contribution >= 4 is 41.7 Å². The Morgan fingerprint density at radius 3 is 2.70 bits per heavy atom. The van der Waals surface area contributed by atoms with Crippen LogP contribution < -0.4 is 15.5 Å². The van der Waals surface area contributed by atoms with E-state index in [9.17, 15) is 4.79 Å². The van der Waals surface area contributed by atoms with E-state index in [0.717, 1.165) is 82.5 Å². The van der Waals surface area contributed by atoms with E-state index >= 15 is 0 Å². The molecule has 9 heteroatoms. The molecule has 2 fully saturated rings. The lowest BCUT2D eigenvalue weighted by Crippen LogP contribution is -2.44. The molecular formula is C21H36IN7O. The number of carbonyl (C=O) groups excluding carboxylic acids is 1. The van der Waals surface area contributed by atoms with Crippen molar-refractivity contribution in [3.63, 3.8) is 0 Å². The third-order valence-corrected chi connectivity index (χ3v) is 5.47. The molecule has 1 amide bonds. The van der Waals surface area contributed by atoms with E-state index in [-0.39, 0.29) is 24.0 Å². The first-order valence-electron chi connectivity index (χ1n) is 10.8. The van der Waals surface area contributed by atoms with Gasteiger partial charge in [0.1, 0.15) is 5.82 Å². The van der Waals surface area contributed by atoms with Crippen LogP contribution in [0.15, 0.2) is 23.3 Å². The largest absolute Gasteiger partial charge is 0.357 e. The van der Waals surface area contributed by atoms with Crippen LogP contribution in [-0.4, -0.2) is 86.1 Å². The molecule has 2 aliphatic rings. The van der Waals surface area contributed by atoms with Crippen LogP contribution in [0.5, 0.6) is 0 Å². The SMILES string of the molecule is CCNC(=NCc1ccnc(N2CCN(C)CC2)c1)NCCCN1CCCC1=O.I. The minimum Gasteiger partial charge on any atom is -0.357 e. The number of halogens is 1. The molecule has 1 aromatic heterocycles. The number of aliphatic imine (C=N–C) groups is 1. The number of likely N-dealkylation sites (tertiary alicyclic amines) is 1. The Morgan fingerprint density at radius 1 is 1.20 bits per heavy atom. The standard InChI is InChI=1S/C21H35N7O.HI/c1-3-22-21(24-8-5-11-28-10-4-6-20(28)29)25-17-18-7-9-23-19(16-18)27-14-12-26(2)13-15-27;/h7,9,16H,3-6,8,10-15,17H2,1-2H3,(H2,22,24,25);1H. The fourth-order valence-electron chi connectivity index (χ4n) is 3.70. The number of anilines is 1. The summed E-state index contributed by atoms with van der Waals surface area (Å²) in [6.45, 7) is 10.2. The Hall–Kier alpha value is -1.62. The highest BCUT2D eigenvalue weighted by atomic mass is 127. The molecule has 0 radical (unpaired) electrons. The van der Waals surface area contributed by atoms with Gasteiger partial charge in [-0.2, -0.15) is 0 Å². The van der Waals surface area contributed by atoms with Crippen LogP contribution in [0.25, 0.3) is 0 Å². The molecule has 0 spiro atoms. The average Bonchev–Trinajstić information content (AvgIpc) is 3.15. The topological polar surface area (TPSA) is 76.1 Å². The zero-order valence-corrected chi connectivity index (χ0v) is 20.6. The number of guanidine groups is 1. The van der Waals surface area contributed by atoms with E-state index in [4.69, 9.17) is 4.99 Å². The Labute approximate surface area is 197 Å². The minimum absolute atomic E-state index is 0. The van der Waals surface area contributed by atoms with Gasteiger partial charge in [0, 0.05) is 65.0 Å². The fraction of sp³-hybridized carbons (Fsp3) is 0.667. The summed E-state index contributed by atoms with van der Waals surface area (Å²) in [5.41, 5.74) is 1.16. The quantitative estimate of drug-likeness (QED) is 0.230. The third kappa shape index (κ3) is 7.57. The Morgan fingerprint density at radius 2 is 2.00 bits per heavy atom. The van der Waals surface area contributed by atoms with E-state index in [2.05, 4.69) is 45.5 Å². The smallest absolute Gasteiger partial charge is 0.222 e. The second-order valence-corrected chi connectivity index (χ2v) is 7.77. The molecule has 0 aliphatic carbocycles. The van der Waals surface area contributed by atoms with Gasteiger partial charge in [0.2, 0.25) is 5.91 Å². The van der Waals surface area contributed by atoms with Crippen LogP contribution >= 0.6 is 24.0 Å². The highest BCUT2D eigenvalue weighted by Gasteiger charge is 2.19. The van der Waals surface area contributed by atoms with E-state index in [0.29, 0.717) is 18.9 Å². The molecule has 0 atom stereocenters. The van der Waals surface area contributed by atoms with Gasteiger partial charge in [-0.15, -0.1) is 24.0 Å². The lowest BCUT2D eigenvalue weighted by Gasteiger charge is -2.33. The van der Waals surface area contributed by atoms with Crippen LogP contribution in [0.1, 0.15) is 31.7 Å². The van der Waals surface area contributed by atoms with Gasteiger partial charge < -0.3 is 25.3 Å². The summed E-state index contributed by atoms with van der Waals surface area (Å²) in [5.74, 6) is 2.15. The average molecular weight is 529 g/mol. The maximum atomic E-state index is 11.7. The first-order chi connectivity index (χ1) is 14.2. The second kappa shape index (κ2) is 12.9. The van der Waals surface area contributed by atoms with E-state index in [1.165, 1.54) is 0 Å². The normalized spacial score (nSPS) is 17.8. The molecule has 2 N–H and O–H groups in total. The maximum Gasteiger partial charge on any atom is 0.222 e. The van der Waals surface area contributed by atoms with Crippen molar-refractivity contribution in [3.05, 3.63) is 23.9 Å². The highest BCUT2D eigenvalue weighted by molar-refractivity contribution is 14.0. The summed E-state index contributed by atoms with van der Waals surface area (Å²) in [6, 6.07) is 4.18. The first kappa shape index (κ1) is 24.6. The summed E-state index contributed by atoms with van der Waals surface area (Å²) in [5, 5.41) is 6.68. The second-order valence-electron chi connectivity index (χ2n) is 7.77. The number of rotatable bonds is 8. The Kier molecular flexibility index (Phi) is 10.6. The monoisotopic (exact) mass is 529 g/mol. The molecule has 1 aromatic rings. The molecule has 0 saturated carbocycles. The predicted molar refractivity (Wildman–Crippen MR) is 133 cm³/mol. The van der Waals surface area contributed by atoms with E-state index in [1.54, 1.807) is 0 Å². The lowest BCUT2D eigenvalue weighted by atomic mass is 10.2. The van der Waals surface area contributed by atoms with Crippen LogP contribution in [0.4, 0.5) is 5.82 Å². The number of hydrogen-bond donors (Lipinski definition) is 2. The van der Waals surface area contributed by atoms with Crippen molar-refractivity contribution in [2.45, 2.75) is 32.7 Å². The molecular weight excluding hydrogens is 493 g/mol. The number of likely N-dealkylation sites (N-methyl/N-ethyl adjacent to an activating group) is 1. The number of aromatic nitrogens is 1. The van der Waals surface area contributed by atoms with Crippen molar-refractivity contribution in [2.24, 2.45) is 4.99 Å². The number of amides is 1. The molecule has 0 unspecified atom stereocenters. The molecule has 0 aromatic carbocycles. The molecule has 168 valence electrons. The number of nitrogens with one attached hydrogen (secondary N) is 2. The van der Waals surface area contributed by atoms with Gasteiger partial charge in [0.25, 0.3) is 0 Å². The van der Waals surface area contributed by atoms with Gasteiger partial charge in [-0.1, -0.05) is 0 Å². The van der Waals surface area contributed by atoms with E-state index < -0.39 is 0 Å². The molecule has 2 saturated heterocycles. The van der Waals surface area contributed by atoms with Gasteiger partial charge in [0.15, 0.2) is 5.96 Å². The van der Waals surface area contributed by atoms with E-state index in [1.807, 2.05) is 17.2 Å². The number of pyridine rings is 1. The summed E-state index contributed by atoms with van der Waals surface area (Å²) in [4.78, 5) is 27.6. The fourth-order valence-corrected chi connectivity index (χ4v) is 3.70. The summed E-state index contributed by atoms with van der Waals surface area (Å²) in [7, 11) is 2.16. The molecule has 0 bridgehead atoms. The zero-order chi connectivity index (χ0) is 20.5. The number of nitrogens with zero attached hydrogens (tertiary/aromatic N) is 5. The maximum absolute atomic E-state index is 11.7. The van der Waals surface area contributed by atoms with Crippen molar-refractivity contribution < 1.29 is 4.79 Å². The van der Waals surface area contributed by atoms with Gasteiger partial charge >= 0.3 is 0 Å². The van der Waals surface area contributed by atoms with Gasteiger partial charge in [-0.25, -0.2) is 9.98 Å². The van der Waals surface area contributed by atoms with Gasteiger partial charge in [-0.3, -0.25) is 4.79 Å². The van der Waals surface area contributed by atoms with Crippen LogP contribution in [0.2, 0.25) is 0 Å². The third-order valence-electron chi connectivity index (χ3n) is 5.47. The van der Waals surface area contributed by atoms with Gasteiger partial charge in [-0.05, 0) is 44.5 Å². The van der Waals surface area contributed by atoms with Crippen LogP contribution in [0.3, 0.4) is 0 Å². The number of piperazine rings is 1. The predicted octanol–water partition coefficient (Wildman–Crippen LogP) is 1.52. The molecule has 8 nitrogen and oxygen atoms in total. The molecule has 3 rings (SSSR count). The lowest BCUT2D eigenvalue weighted by molar-refractivity contribution is -0.127. The number of hydrogen-bond acceptors (Lipinski definition) is 5. The zero-order valence-electron chi connectivity index (χ0n) is 18.3. The number of carbonyl (C=O) groups is 1. The molecule has 3 heterocycles. The Bertz CT molecular complexity index is 692. The van der Waals surface area contributed by atoms with Crippen molar-refractivity contribution in [1.82, 2.24) is 25.4 Å². The Balaban J connectivity index is 0.00000320. The molecule has 2 aliphatic heterocycles. The molecule has 30 heavy (non-hydrogen) atoms. The van der Waals surface area contributed by atoms with Gasteiger partial charge in [0.05, 0.1) is 6.54 Å². The van der Waals surface area contributed by atoms with Crippen LogP contribution in [-0.2, 0) is 11.3 Å². The summed E-state index contributed by atoms with van der Waals surface area (Å²) >= 11 is 0. The summed E-state index contributed by atoms with van der Waals surface area (Å²) < 4.78 is 0. The summed E-state index contributed by atoms with van der Waals surface area (Å²) in [6.07, 6.45) is 4.52. The minimum atomic E-state index is 0. The first-order valence-corrected chi connectivity index (χ1v) is 10.8. The van der Waals surface area contributed by atoms with Crippen molar-refractivity contribution in [3.8, 4) is 0 Å².